The second-order valence-corrected chi connectivity index (χ2v) is 5.09. The van der Waals surface area contributed by atoms with Gasteiger partial charge in [0.05, 0.1) is 16.5 Å². The molecule has 0 atom stereocenters. The van der Waals surface area contributed by atoms with Gasteiger partial charge in [0.1, 0.15) is 6.26 Å². The van der Waals surface area contributed by atoms with Crippen molar-refractivity contribution in [2.45, 2.75) is 25.1 Å². The van der Waals surface area contributed by atoms with Gasteiger partial charge >= 0.3 is 0 Å². The molecule has 2 nitrogen and oxygen atoms in total. The van der Waals surface area contributed by atoms with E-state index >= 15 is 0 Å². The van der Waals surface area contributed by atoms with E-state index in [1.54, 1.807) is 17.6 Å². The Hall–Kier alpha value is -0.800. The topological polar surface area (TPSA) is 26.0 Å². The van der Waals surface area contributed by atoms with Gasteiger partial charge in [0.15, 0.2) is 0 Å². The molecular formula is C11H10ClNOS. The number of halogens is 1. The number of rotatable bonds is 2. The molecular weight excluding hydrogens is 230 g/mol. The summed E-state index contributed by atoms with van der Waals surface area (Å²) >= 11 is 7.48. The Labute approximate surface area is 96.9 Å². The molecule has 0 amide bonds. The van der Waals surface area contributed by atoms with Crippen molar-refractivity contribution in [3.05, 3.63) is 28.5 Å². The number of hydrogen-bond donors (Lipinski definition) is 0. The largest absolute Gasteiger partial charge is 0.444 e. The van der Waals surface area contributed by atoms with Crippen molar-refractivity contribution in [3.63, 3.8) is 0 Å². The Balaban J connectivity index is 1.98. The summed E-state index contributed by atoms with van der Waals surface area (Å²) in [6, 6.07) is 2.21. The number of alkyl halides is 1. The highest BCUT2D eigenvalue weighted by Crippen LogP contribution is 2.36. The summed E-state index contributed by atoms with van der Waals surface area (Å²) in [4.78, 5) is 6.95. The van der Waals surface area contributed by atoms with Gasteiger partial charge in [0, 0.05) is 4.88 Å². The average Bonchev–Trinajstić information content (AvgIpc) is 2.91. The molecule has 0 aromatic carbocycles. The second kappa shape index (κ2) is 3.65. The molecule has 2 heterocycles. The molecule has 1 aliphatic carbocycles. The number of fused-ring (bicyclic) bond motifs is 1. The lowest BCUT2D eigenvalue weighted by molar-refractivity contribution is 0.575. The first-order chi connectivity index (χ1) is 7.36. The lowest BCUT2D eigenvalue weighted by atomic mass is 10.2. The maximum atomic E-state index is 5.68. The minimum atomic E-state index is 0.411. The third kappa shape index (κ3) is 1.60. The van der Waals surface area contributed by atoms with E-state index in [1.165, 1.54) is 29.7 Å². The Kier molecular flexibility index (Phi) is 2.29. The molecule has 0 fully saturated rings. The van der Waals surface area contributed by atoms with Gasteiger partial charge in [-0.15, -0.1) is 22.9 Å². The molecule has 2 aromatic heterocycles. The van der Waals surface area contributed by atoms with Crippen LogP contribution in [0.25, 0.3) is 10.8 Å². The molecule has 0 unspecified atom stereocenters. The molecule has 3 rings (SSSR count). The SMILES string of the molecule is ClCc1coc(-c2cc3c(s2)CCC3)n1. The van der Waals surface area contributed by atoms with Crippen molar-refractivity contribution < 1.29 is 4.42 Å². The first-order valence-electron chi connectivity index (χ1n) is 4.99. The number of thiophene rings is 1. The van der Waals surface area contributed by atoms with E-state index in [4.69, 9.17) is 16.0 Å². The van der Waals surface area contributed by atoms with E-state index in [0.717, 1.165) is 10.6 Å². The van der Waals surface area contributed by atoms with Gasteiger partial charge in [-0.2, -0.15) is 0 Å². The van der Waals surface area contributed by atoms with Crippen LogP contribution in [0.3, 0.4) is 0 Å². The quantitative estimate of drug-likeness (QED) is 0.748. The molecule has 0 N–H and O–H groups in total. The van der Waals surface area contributed by atoms with E-state index in [1.807, 2.05) is 0 Å². The van der Waals surface area contributed by atoms with Crippen LogP contribution in [0.5, 0.6) is 0 Å². The molecule has 0 bridgehead atoms. The fourth-order valence-corrected chi connectivity index (χ4v) is 3.22. The van der Waals surface area contributed by atoms with Crippen LogP contribution in [0.1, 0.15) is 22.6 Å². The first-order valence-corrected chi connectivity index (χ1v) is 6.34. The molecule has 0 aliphatic heterocycles. The zero-order valence-corrected chi connectivity index (χ0v) is 9.70. The van der Waals surface area contributed by atoms with Crippen LogP contribution >= 0.6 is 22.9 Å². The molecule has 15 heavy (non-hydrogen) atoms. The molecule has 0 saturated carbocycles. The summed E-state index contributed by atoms with van der Waals surface area (Å²) in [7, 11) is 0. The predicted molar refractivity (Wildman–Crippen MR) is 61.4 cm³/mol. The smallest absolute Gasteiger partial charge is 0.236 e. The van der Waals surface area contributed by atoms with Gasteiger partial charge in [-0.25, -0.2) is 4.98 Å². The van der Waals surface area contributed by atoms with E-state index in [2.05, 4.69) is 11.1 Å². The fourth-order valence-electron chi connectivity index (χ4n) is 1.92. The molecule has 2 aromatic rings. The molecule has 0 saturated heterocycles. The van der Waals surface area contributed by atoms with Gasteiger partial charge in [-0.3, -0.25) is 0 Å². The van der Waals surface area contributed by atoms with Crippen LogP contribution in [0, 0.1) is 0 Å². The number of hydrogen-bond acceptors (Lipinski definition) is 3. The van der Waals surface area contributed by atoms with Gasteiger partial charge < -0.3 is 4.42 Å². The summed E-state index contributed by atoms with van der Waals surface area (Å²) in [5.41, 5.74) is 2.28. The van der Waals surface area contributed by atoms with Gasteiger partial charge in [0.25, 0.3) is 0 Å². The Morgan fingerprint density at radius 1 is 1.47 bits per heavy atom. The molecule has 0 radical (unpaired) electrons. The summed E-state index contributed by atoms with van der Waals surface area (Å²) in [5.74, 6) is 1.12. The van der Waals surface area contributed by atoms with Crippen molar-refractivity contribution in [2.75, 3.05) is 0 Å². The highest BCUT2D eigenvalue weighted by molar-refractivity contribution is 7.15. The van der Waals surface area contributed by atoms with Crippen molar-refractivity contribution in [1.29, 1.82) is 0 Å². The van der Waals surface area contributed by atoms with Gasteiger partial charge in [-0.05, 0) is 30.9 Å². The fraction of sp³-hybridized carbons (Fsp3) is 0.364. The minimum absolute atomic E-state index is 0.411. The number of oxazole rings is 1. The van der Waals surface area contributed by atoms with Crippen LogP contribution in [-0.4, -0.2) is 4.98 Å². The lowest BCUT2D eigenvalue weighted by Crippen LogP contribution is -1.77. The van der Waals surface area contributed by atoms with E-state index < -0.39 is 0 Å². The summed E-state index contributed by atoms with van der Waals surface area (Å²) in [6.45, 7) is 0. The monoisotopic (exact) mass is 239 g/mol. The second-order valence-electron chi connectivity index (χ2n) is 3.69. The zero-order chi connectivity index (χ0) is 10.3. The van der Waals surface area contributed by atoms with Crippen LogP contribution in [-0.2, 0) is 18.7 Å². The van der Waals surface area contributed by atoms with Crippen LogP contribution in [0.2, 0.25) is 0 Å². The third-order valence-electron chi connectivity index (χ3n) is 2.65. The Bertz CT molecular complexity index is 467. The van der Waals surface area contributed by atoms with E-state index in [-0.39, 0.29) is 0 Å². The highest BCUT2D eigenvalue weighted by atomic mass is 35.5. The van der Waals surface area contributed by atoms with Gasteiger partial charge in [0.2, 0.25) is 5.89 Å². The van der Waals surface area contributed by atoms with Crippen molar-refractivity contribution in [1.82, 2.24) is 4.98 Å². The molecule has 78 valence electrons. The number of nitrogens with zero attached hydrogens (tertiary/aromatic N) is 1. The zero-order valence-electron chi connectivity index (χ0n) is 8.12. The maximum absolute atomic E-state index is 5.68. The summed E-state index contributed by atoms with van der Waals surface area (Å²) in [5, 5.41) is 0. The normalized spacial score (nSPS) is 14.5. The maximum Gasteiger partial charge on any atom is 0.236 e. The Morgan fingerprint density at radius 2 is 2.40 bits per heavy atom. The number of aromatic nitrogens is 1. The van der Waals surface area contributed by atoms with E-state index in [0.29, 0.717) is 11.8 Å². The molecule has 1 aliphatic rings. The van der Waals surface area contributed by atoms with Crippen molar-refractivity contribution in [3.8, 4) is 10.8 Å². The lowest BCUT2D eigenvalue weighted by Gasteiger charge is -1.88. The first kappa shape index (κ1) is 9.43. The number of aryl methyl sites for hydroxylation is 2. The minimum Gasteiger partial charge on any atom is -0.444 e. The average molecular weight is 240 g/mol. The van der Waals surface area contributed by atoms with Crippen molar-refractivity contribution >= 4 is 22.9 Å². The van der Waals surface area contributed by atoms with Crippen LogP contribution < -0.4 is 0 Å². The van der Waals surface area contributed by atoms with E-state index in [9.17, 15) is 0 Å². The van der Waals surface area contributed by atoms with Crippen molar-refractivity contribution in [2.24, 2.45) is 0 Å². The van der Waals surface area contributed by atoms with Crippen LogP contribution in [0.15, 0.2) is 16.7 Å². The molecule has 0 spiro atoms. The highest BCUT2D eigenvalue weighted by Gasteiger charge is 2.17. The summed E-state index contributed by atoms with van der Waals surface area (Å²) < 4.78 is 5.39. The van der Waals surface area contributed by atoms with Gasteiger partial charge in [-0.1, -0.05) is 0 Å². The third-order valence-corrected chi connectivity index (χ3v) is 4.14. The van der Waals surface area contributed by atoms with Crippen LogP contribution in [0.4, 0.5) is 0 Å². The Morgan fingerprint density at radius 3 is 3.13 bits per heavy atom. The summed E-state index contributed by atoms with van der Waals surface area (Å²) in [6.07, 6.45) is 5.34. The standard InChI is InChI=1S/C11H10ClNOS/c12-5-8-6-14-11(13-8)10-4-7-2-1-3-9(7)15-10/h4,6H,1-3,5H2. The predicted octanol–water partition coefficient (Wildman–Crippen LogP) is 3.63. The molecule has 4 heteroatoms.